The molecule has 3 aromatic heterocycles. The highest BCUT2D eigenvalue weighted by atomic mass is 32.1. The fraction of sp³-hybridized carbons (Fsp3) is 0.137. The highest BCUT2D eigenvalue weighted by molar-refractivity contribution is 7.17. The van der Waals surface area contributed by atoms with Crippen molar-refractivity contribution in [3.63, 3.8) is 0 Å². The summed E-state index contributed by atoms with van der Waals surface area (Å²) in [5, 5.41) is 1.08. The van der Waals surface area contributed by atoms with Crippen LogP contribution in [0.25, 0.3) is 71.5 Å². The van der Waals surface area contributed by atoms with Gasteiger partial charge in [-0.05, 0) is 66.8 Å². The number of furan rings is 1. The fourth-order valence-electron chi connectivity index (χ4n) is 8.07. The number of para-hydroxylation sites is 1. The predicted octanol–water partition coefficient (Wildman–Crippen LogP) is 13.6. The van der Waals surface area contributed by atoms with Crippen LogP contribution >= 0.6 is 11.3 Å². The molecular weight excluding hydrogens is 727 g/mol. The van der Waals surface area contributed by atoms with Gasteiger partial charge < -0.3 is 4.42 Å². The summed E-state index contributed by atoms with van der Waals surface area (Å²) in [5.74, 6) is 4.55. The summed E-state index contributed by atoms with van der Waals surface area (Å²) in [4.78, 5) is 19.5. The molecule has 7 aromatic rings. The van der Waals surface area contributed by atoms with E-state index in [4.69, 9.17) is 19.4 Å². The van der Waals surface area contributed by atoms with Crippen LogP contribution in [-0.4, -0.2) is 27.2 Å². The first-order chi connectivity index (χ1) is 28.2. The summed E-state index contributed by atoms with van der Waals surface area (Å²) in [6, 6.07) is 27.7. The van der Waals surface area contributed by atoms with Crippen molar-refractivity contribution in [3.8, 4) is 33.6 Å². The third kappa shape index (κ3) is 6.65. The molecule has 0 saturated carbocycles. The number of allylic oxidation sites excluding steroid dienone is 11. The lowest BCUT2D eigenvalue weighted by atomic mass is 9.78. The van der Waals surface area contributed by atoms with Gasteiger partial charge in [-0.25, -0.2) is 19.9 Å². The summed E-state index contributed by atoms with van der Waals surface area (Å²) in [6.07, 6.45) is 13.6. The third-order valence-corrected chi connectivity index (χ3v) is 11.8. The van der Waals surface area contributed by atoms with Crippen LogP contribution in [0.2, 0.25) is 6.82 Å². The molecule has 1 radical (unpaired) electrons. The van der Waals surface area contributed by atoms with E-state index < -0.39 is 0 Å². The molecule has 5 nitrogen and oxygen atoms in total. The minimum Gasteiger partial charge on any atom is -0.455 e. The maximum atomic E-state index is 7.01. The average molecular weight is 772 g/mol. The molecule has 58 heavy (non-hydrogen) atoms. The number of fused-ring (bicyclic) bond motifs is 6. The van der Waals surface area contributed by atoms with Crippen molar-refractivity contribution < 1.29 is 4.42 Å². The molecule has 0 unspecified atom stereocenters. The van der Waals surface area contributed by atoms with Crippen LogP contribution in [0.15, 0.2) is 156 Å². The number of thiazole rings is 1. The van der Waals surface area contributed by atoms with E-state index in [1.54, 1.807) is 23.5 Å². The SMILES string of the molecule is C=C/C=C(\C=C/C)c1nc(/C(C=C)=C/C(=C\C)C(=C/[B]C)/c2oc3c(-c4ccc5c(c4)C(C)(C)c4ccc6ncsc6c4-5)cccc3c2C)nc(-c2ccccc2)n1. The molecule has 0 atom stereocenters. The Morgan fingerprint density at radius 2 is 1.64 bits per heavy atom. The first kappa shape index (κ1) is 38.4. The van der Waals surface area contributed by atoms with E-state index in [0.717, 1.165) is 66.8 Å². The maximum absolute atomic E-state index is 7.01. The summed E-state index contributed by atoms with van der Waals surface area (Å²) in [5.41, 5.74) is 16.6. The Morgan fingerprint density at radius 1 is 0.845 bits per heavy atom. The van der Waals surface area contributed by atoms with Crippen LogP contribution < -0.4 is 0 Å². The molecular formula is C51H44BN4OS. The van der Waals surface area contributed by atoms with E-state index in [9.17, 15) is 0 Å². The van der Waals surface area contributed by atoms with E-state index in [1.165, 1.54) is 27.0 Å². The molecule has 4 aromatic carbocycles. The fourth-order valence-corrected chi connectivity index (χ4v) is 8.92. The van der Waals surface area contributed by atoms with Gasteiger partial charge in [0.05, 0.1) is 15.7 Å². The third-order valence-electron chi connectivity index (χ3n) is 11.0. The van der Waals surface area contributed by atoms with Crippen molar-refractivity contribution in [1.82, 2.24) is 19.9 Å². The monoisotopic (exact) mass is 771 g/mol. The average Bonchev–Trinajstić information content (AvgIpc) is 3.93. The standard InChI is InChI=1S/C51H44BN4OS/c1-9-17-34(18-10-2)49-54-48(55-50(56-49)35-19-14-13-15-20-35)33(12-4)27-32(11-3)40(29-52-8)45-31(5)37-21-16-22-38(46(37)57-45)36-23-24-39-42(28-36)51(6,7)41-25-26-43-47(44(39)41)58-30-53-43/h9-30H,1,4H2,2-3,5-8H3/b18-10-,32-11+,33-27+,34-17+,40-29-. The van der Waals surface area contributed by atoms with E-state index in [1.807, 2.05) is 82.0 Å². The topological polar surface area (TPSA) is 64.7 Å². The second-order valence-electron chi connectivity index (χ2n) is 14.8. The highest BCUT2D eigenvalue weighted by Crippen LogP contribution is 2.53. The lowest BCUT2D eigenvalue weighted by molar-refractivity contribution is 0.598. The molecule has 283 valence electrons. The Labute approximate surface area is 345 Å². The number of aryl methyl sites for hydroxylation is 1. The zero-order chi connectivity index (χ0) is 40.6. The quantitative estimate of drug-likeness (QED) is 0.0968. The van der Waals surface area contributed by atoms with E-state index in [2.05, 4.69) is 106 Å². The van der Waals surface area contributed by atoms with Crippen LogP contribution in [0, 0.1) is 6.92 Å². The van der Waals surface area contributed by atoms with E-state index in [-0.39, 0.29) is 5.41 Å². The van der Waals surface area contributed by atoms with Crippen LogP contribution in [-0.2, 0) is 5.41 Å². The Balaban J connectivity index is 1.23. The minimum atomic E-state index is -0.156. The molecule has 8 rings (SSSR count). The first-order valence-corrected chi connectivity index (χ1v) is 20.4. The second kappa shape index (κ2) is 15.8. The second-order valence-corrected chi connectivity index (χ2v) is 15.7. The Hall–Kier alpha value is -6.44. The molecule has 1 aliphatic rings. The van der Waals surface area contributed by atoms with Gasteiger partial charge in [-0.15, -0.1) is 17.3 Å². The maximum Gasteiger partial charge on any atom is 0.164 e. The Bertz CT molecular complexity index is 2920. The summed E-state index contributed by atoms with van der Waals surface area (Å²) in [7, 11) is 2.05. The molecule has 7 heteroatoms. The van der Waals surface area contributed by atoms with Gasteiger partial charge in [0.15, 0.2) is 17.5 Å². The Kier molecular flexibility index (Phi) is 10.5. The molecule has 0 aliphatic heterocycles. The zero-order valence-corrected chi connectivity index (χ0v) is 34.6. The van der Waals surface area contributed by atoms with Crippen LogP contribution in [0.4, 0.5) is 0 Å². The van der Waals surface area contributed by atoms with Crippen molar-refractivity contribution in [2.75, 3.05) is 0 Å². The van der Waals surface area contributed by atoms with Crippen LogP contribution in [0.3, 0.4) is 0 Å². The van der Waals surface area contributed by atoms with E-state index in [0.29, 0.717) is 17.5 Å². The van der Waals surface area contributed by atoms with Gasteiger partial charge in [-0.2, -0.15) is 0 Å². The number of nitrogens with zero attached hydrogens (tertiary/aromatic N) is 4. The smallest absolute Gasteiger partial charge is 0.164 e. The number of rotatable bonds is 11. The normalized spacial score (nSPS) is 14.3. The Morgan fingerprint density at radius 3 is 2.36 bits per heavy atom. The molecule has 3 heterocycles. The summed E-state index contributed by atoms with van der Waals surface area (Å²) in [6.45, 7) is 21.0. The number of hydrogen-bond acceptors (Lipinski definition) is 6. The van der Waals surface area contributed by atoms with Gasteiger partial charge in [0.2, 0.25) is 0 Å². The minimum absolute atomic E-state index is 0.156. The van der Waals surface area contributed by atoms with Gasteiger partial charge in [-0.3, -0.25) is 0 Å². The predicted molar refractivity (Wildman–Crippen MR) is 247 cm³/mol. The highest BCUT2D eigenvalue weighted by Gasteiger charge is 2.37. The van der Waals surface area contributed by atoms with Crippen molar-refractivity contribution in [3.05, 3.63) is 186 Å². The number of benzene rings is 4. The van der Waals surface area contributed by atoms with Crippen LogP contribution in [0.1, 0.15) is 61.8 Å². The van der Waals surface area contributed by atoms with Crippen molar-refractivity contribution in [2.45, 2.75) is 46.9 Å². The van der Waals surface area contributed by atoms with Gasteiger partial charge in [0.1, 0.15) is 18.6 Å². The van der Waals surface area contributed by atoms with Gasteiger partial charge in [0.25, 0.3) is 0 Å². The lowest BCUT2D eigenvalue weighted by Crippen LogP contribution is -2.14. The molecule has 0 saturated heterocycles. The first-order valence-electron chi connectivity index (χ1n) is 19.5. The summed E-state index contributed by atoms with van der Waals surface area (Å²) >= 11 is 1.72. The van der Waals surface area contributed by atoms with Crippen LogP contribution in [0.5, 0.6) is 0 Å². The summed E-state index contributed by atoms with van der Waals surface area (Å²) < 4.78 is 8.26. The van der Waals surface area contributed by atoms with E-state index >= 15 is 0 Å². The molecule has 0 amide bonds. The van der Waals surface area contributed by atoms with Gasteiger partial charge in [0, 0.05) is 49.8 Å². The number of hydrogen-bond donors (Lipinski definition) is 0. The molecule has 1 aliphatic carbocycles. The molecule has 0 fully saturated rings. The van der Waals surface area contributed by atoms with Gasteiger partial charge >= 0.3 is 0 Å². The largest absolute Gasteiger partial charge is 0.455 e. The molecule has 0 bridgehead atoms. The molecule has 0 spiro atoms. The molecule has 0 N–H and O–H groups in total. The zero-order valence-electron chi connectivity index (χ0n) is 33.8. The van der Waals surface area contributed by atoms with Gasteiger partial charge in [-0.1, -0.05) is 137 Å². The van der Waals surface area contributed by atoms with Crippen molar-refractivity contribution in [1.29, 1.82) is 0 Å². The lowest BCUT2D eigenvalue weighted by Gasteiger charge is -2.22. The van der Waals surface area contributed by atoms with Crippen molar-refractivity contribution >= 4 is 56.5 Å². The van der Waals surface area contributed by atoms with Crippen molar-refractivity contribution in [2.24, 2.45) is 0 Å². The number of aromatic nitrogens is 4.